The van der Waals surface area contributed by atoms with E-state index < -0.39 is 0 Å². The Morgan fingerprint density at radius 2 is 2.00 bits per heavy atom. The molecule has 0 saturated carbocycles. The number of halogens is 2. The maximum absolute atomic E-state index is 12.1. The quantitative estimate of drug-likeness (QED) is 0.788. The molecule has 0 spiro atoms. The normalized spacial score (nSPS) is 18.5. The van der Waals surface area contributed by atoms with Gasteiger partial charge in [-0.15, -0.1) is 0 Å². The molecule has 0 aliphatic carbocycles. The van der Waals surface area contributed by atoms with Crippen LogP contribution in [0.3, 0.4) is 0 Å². The molecule has 6 heteroatoms. The fraction of sp³-hybridized carbons (Fsp3) is 0.533. The third-order valence-corrected chi connectivity index (χ3v) is 5.28. The first-order valence-electron chi connectivity index (χ1n) is 7.08. The Labute approximate surface area is 142 Å². The highest BCUT2D eigenvalue weighted by molar-refractivity contribution is 9.11. The minimum Gasteiger partial charge on any atom is -0.324 e. The zero-order chi connectivity index (χ0) is 15.5. The maximum atomic E-state index is 12.1. The minimum atomic E-state index is 0.0334. The summed E-state index contributed by atoms with van der Waals surface area (Å²) in [6.45, 7) is 4.59. The number of rotatable bonds is 4. The van der Waals surface area contributed by atoms with E-state index in [1.807, 2.05) is 25.2 Å². The average Bonchev–Trinajstić information content (AvgIpc) is 2.45. The van der Waals surface area contributed by atoms with Crippen molar-refractivity contribution < 1.29 is 4.79 Å². The van der Waals surface area contributed by atoms with Gasteiger partial charge in [0.05, 0.1) is 12.2 Å². The van der Waals surface area contributed by atoms with Crippen LogP contribution in [-0.2, 0) is 4.79 Å². The first-order valence-corrected chi connectivity index (χ1v) is 8.67. The Hall–Kier alpha value is -0.430. The third-order valence-electron chi connectivity index (χ3n) is 4.14. The number of hydrogen-bond donors (Lipinski definition) is 2. The first kappa shape index (κ1) is 16.9. The zero-order valence-electron chi connectivity index (χ0n) is 12.4. The van der Waals surface area contributed by atoms with Gasteiger partial charge in [-0.25, -0.2) is 0 Å². The number of anilines is 1. The van der Waals surface area contributed by atoms with Crippen molar-refractivity contribution in [3.8, 4) is 0 Å². The lowest BCUT2D eigenvalue weighted by molar-refractivity contribution is -0.117. The average molecular weight is 419 g/mol. The van der Waals surface area contributed by atoms with Gasteiger partial charge in [0.15, 0.2) is 0 Å². The Morgan fingerprint density at radius 1 is 1.33 bits per heavy atom. The predicted octanol–water partition coefficient (Wildman–Crippen LogP) is 3.22. The molecule has 1 aliphatic heterocycles. The van der Waals surface area contributed by atoms with Gasteiger partial charge in [0.2, 0.25) is 5.91 Å². The standard InChI is InChI=1S/C15H21Br2N3O/c1-15(18-2)5-7-20(8-6-15)10-14(21)19-13-4-3-11(16)9-12(13)17/h3-4,9,18H,5-8,10H2,1-2H3,(H,19,21). The Bertz CT molecular complexity index is 514. The van der Waals surface area contributed by atoms with E-state index >= 15 is 0 Å². The van der Waals surface area contributed by atoms with Gasteiger partial charge in [-0.2, -0.15) is 0 Å². The van der Waals surface area contributed by atoms with Crippen LogP contribution in [-0.4, -0.2) is 43.0 Å². The molecule has 0 aromatic heterocycles. The van der Waals surface area contributed by atoms with Crippen LogP contribution in [0.5, 0.6) is 0 Å². The molecule has 4 nitrogen and oxygen atoms in total. The monoisotopic (exact) mass is 417 g/mol. The summed E-state index contributed by atoms with van der Waals surface area (Å²) in [7, 11) is 2.01. The minimum absolute atomic E-state index is 0.0334. The maximum Gasteiger partial charge on any atom is 0.238 e. The second kappa shape index (κ2) is 7.22. The molecule has 2 N–H and O–H groups in total. The van der Waals surface area contributed by atoms with E-state index in [0.29, 0.717) is 6.54 Å². The molecule has 0 radical (unpaired) electrons. The summed E-state index contributed by atoms with van der Waals surface area (Å²) in [6, 6.07) is 5.73. The highest BCUT2D eigenvalue weighted by atomic mass is 79.9. The van der Waals surface area contributed by atoms with E-state index in [1.54, 1.807) is 0 Å². The van der Waals surface area contributed by atoms with Crippen LogP contribution < -0.4 is 10.6 Å². The number of nitrogens with zero attached hydrogens (tertiary/aromatic N) is 1. The van der Waals surface area contributed by atoms with E-state index in [1.165, 1.54) is 0 Å². The van der Waals surface area contributed by atoms with Gasteiger partial charge in [-0.3, -0.25) is 9.69 Å². The summed E-state index contributed by atoms with van der Waals surface area (Å²) in [5, 5.41) is 6.32. The largest absolute Gasteiger partial charge is 0.324 e. The van der Waals surface area contributed by atoms with Gasteiger partial charge in [0.25, 0.3) is 0 Å². The molecule has 0 unspecified atom stereocenters. The van der Waals surface area contributed by atoms with Crippen molar-refractivity contribution in [3.05, 3.63) is 27.1 Å². The summed E-state index contributed by atoms with van der Waals surface area (Å²) < 4.78 is 1.86. The molecule has 1 saturated heterocycles. The molecule has 1 aromatic rings. The molecule has 0 atom stereocenters. The summed E-state index contributed by atoms with van der Waals surface area (Å²) in [4.78, 5) is 14.4. The molecule has 0 bridgehead atoms. The number of carbonyl (C=O) groups is 1. The number of amides is 1. The van der Waals surface area contributed by atoms with E-state index in [-0.39, 0.29) is 11.4 Å². The molecular formula is C15H21Br2N3O. The predicted molar refractivity (Wildman–Crippen MR) is 93.6 cm³/mol. The fourth-order valence-corrected chi connectivity index (χ4v) is 3.58. The molecule has 116 valence electrons. The molecule has 21 heavy (non-hydrogen) atoms. The van der Waals surface area contributed by atoms with Crippen molar-refractivity contribution in [3.63, 3.8) is 0 Å². The molecule has 1 heterocycles. The lowest BCUT2D eigenvalue weighted by Crippen LogP contribution is -2.51. The van der Waals surface area contributed by atoms with Gasteiger partial charge in [-0.1, -0.05) is 15.9 Å². The number of likely N-dealkylation sites (tertiary alicyclic amines) is 1. The van der Waals surface area contributed by atoms with Crippen LogP contribution in [0.15, 0.2) is 27.1 Å². The van der Waals surface area contributed by atoms with Crippen molar-refractivity contribution in [2.45, 2.75) is 25.3 Å². The van der Waals surface area contributed by atoms with Crippen LogP contribution in [0, 0.1) is 0 Å². The Kier molecular flexibility index (Phi) is 5.82. The van der Waals surface area contributed by atoms with E-state index in [0.717, 1.165) is 40.6 Å². The highest BCUT2D eigenvalue weighted by Crippen LogP contribution is 2.26. The van der Waals surface area contributed by atoms with Crippen LogP contribution in [0.25, 0.3) is 0 Å². The summed E-state index contributed by atoms with van der Waals surface area (Å²) >= 11 is 6.86. The number of carbonyl (C=O) groups excluding carboxylic acids is 1. The van der Waals surface area contributed by atoms with Crippen LogP contribution in [0.1, 0.15) is 19.8 Å². The first-order chi connectivity index (χ1) is 9.92. The van der Waals surface area contributed by atoms with Gasteiger partial charge in [-0.05, 0) is 60.9 Å². The van der Waals surface area contributed by atoms with Gasteiger partial charge in [0.1, 0.15) is 0 Å². The van der Waals surface area contributed by atoms with Crippen LogP contribution in [0.4, 0.5) is 5.69 Å². The topological polar surface area (TPSA) is 44.4 Å². The molecule has 2 rings (SSSR count). The number of benzene rings is 1. The van der Waals surface area contributed by atoms with E-state index in [9.17, 15) is 4.79 Å². The SMILES string of the molecule is CNC1(C)CCN(CC(=O)Nc2ccc(Br)cc2Br)CC1. The van der Waals surface area contributed by atoms with Crippen LogP contribution >= 0.6 is 31.9 Å². The zero-order valence-corrected chi connectivity index (χ0v) is 15.6. The van der Waals surface area contributed by atoms with Crippen molar-refractivity contribution in [1.82, 2.24) is 10.2 Å². The summed E-state index contributed by atoms with van der Waals surface area (Å²) in [5.41, 5.74) is 1.02. The Morgan fingerprint density at radius 3 is 2.57 bits per heavy atom. The molecule has 1 fully saturated rings. The smallest absolute Gasteiger partial charge is 0.238 e. The second-order valence-electron chi connectivity index (χ2n) is 5.76. The number of nitrogens with one attached hydrogen (secondary N) is 2. The number of hydrogen-bond acceptors (Lipinski definition) is 3. The van der Waals surface area contributed by atoms with Crippen molar-refractivity contribution >= 4 is 43.5 Å². The summed E-state index contributed by atoms with van der Waals surface area (Å²) in [5.74, 6) is 0.0334. The third kappa shape index (κ3) is 4.77. The van der Waals surface area contributed by atoms with Crippen molar-refractivity contribution in [1.29, 1.82) is 0 Å². The van der Waals surface area contributed by atoms with Crippen molar-refractivity contribution in [2.75, 3.05) is 32.0 Å². The lowest BCUT2D eigenvalue weighted by Gasteiger charge is -2.39. The van der Waals surface area contributed by atoms with Gasteiger partial charge >= 0.3 is 0 Å². The van der Waals surface area contributed by atoms with Crippen LogP contribution in [0.2, 0.25) is 0 Å². The number of piperidine rings is 1. The van der Waals surface area contributed by atoms with Crippen molar-refractivity contribution in [2.24, 2.45) is 0 Å². The van der Waals surface area contributed by atoms with E-state index in [2.05, 4.69) is 54.3 Å². The molecule has 1 aromatic carbocycles. The van der Waals surface area contributed by atoms with E-state index in [4.69, 9.17) is 0 Å². The molecule has 1 aliphatic rings. The highest BCUT2D eigenvalue weighted by Gasteiger charge is 2.28. The van der Waals surface area contributed by atoms with Gasteiger partial charge < -0.3 is 10.6 Å². The fourth-order valence-electron chi connectivity index (χ4n) is 2.44. The second-order valence-corrected chi connectivity index (χ2v) is 7.53. The molecular weight excluding hydrogens is 398 g/mol. The Balaban J connectivity index is 1.85. The van der Waals surface area contributed by atoms with Gasteiger partial charge in [0, 0.05) is 27.6 Å². The molecule has 1 amide bonds. The summed E-state index contributed by atoms with van der Waals surface area (Å²) in [6.07, 6.45) is 2.14. The lowest BCUT2D eigenvalue weighted by atomic mass is 9.90.